The highest BCUT2D eigenvalue weighted by Crippen LogP contribution is 2.61. The van der Waals surface area contributed by atoms with Crippen LogP contribution in [0.5, 0.6) is 0 Å². The maximum Gasteiger partial charge on any atom is 0.309 e. The van der Waals surface area contributed by atoms with Crippen LogP contribution in [-0.4, -0.2) is 95.3 Å². The zero-order valence-corrected chi connectivity index (χ0v) is 21.9. The van der Waals surface area contributed by atoms with Gasteiger partial charge in [0, 0.05) is 42.9 Å². The molecule has 0 radical (unpaired) electrons. The van der Waals surface area contributed by atoms with Gasteiger partial charge < -0.3 is 19.7 Å². The van der Waals surface area contributed by atoms with Gasteiger partial charge in [-0.2, -0.15) is 0 Å². The first-order valence-corrected chi connectivity index (χ1v) is 14.6. The number of carbonyl (C=O) groups is 1. The molecule has 0 bridgehead atoms. The summed E-state index contributed by atoms with van der Waals surface area (Å²) in [5.41, 5.74) is -0.353. The van der Waals surface area contributed by atoms with Crippen LogP contribution in [0.1, 0.15) is 78.1 Å². The Labute approximate surface area is 211 Å². The maximum atomic E-state index is 13.3. The molecule has 3 saturated carbocycles. The van der Waals surface area contributed by atoms with Crippen LogP contribution in [0.2, 0.25) is 0 Å². The standard InChI is InChI=1S/C28H48N2O5/c1-3-29(13-15-31)19-9-11-23-25(17-19)34-26-18-20(30(4-2)14-16-32)10-12-24(26)28(23)22-8-6-5-7-21(22)27(33)35-28/h19-26,31-32H,3-18H2,1-2H3. The second-order valence-corrected chi connectivity index (χ2v) is 11.8. The lowest BCUT2D eigenvalue weighted by Crippen LogP contribution is -2.67. The molecule has 0 aromatic rings. The van der Waals surface area contributed by atoms with Crippen molar-refractivity contribution in [3.8, 4) is 0 Å². The van der Waals surface area contributed by atoms with E-state index in [2.05, 4.69) is 23.6 Å². The normalized spacial score (nSPS) is 43.2. The molecule has 3 aliphatic carbocycles. The number of fused-ring (bicyclic) bond motifs is 6. The fraction of sp³-hybridized carbons (Fsp3) is 0.964. The SMILES string of the molecule is CCN(CCO)C1CCC2C(C1)OC1CC(N(CC)CCO)CCC1C21OC(=O)C2CCCCC21. The Bertz CT molecular complexity index is 696. The fourth-order valence-electron chi connectivity index (χ4n) is 9.15. The van der Waals surface area contributed by atoms with Crippen molar-refractivity contribution >= 4 is 5.97 Å². The number of carbonyl (C=O) groups excluding carboxylic acids is 1. The fourth-order valence-corrected chi connectivity index (χ4v) is 9.15. The topological polar surface area (TPSA) is 82.5 Å². The molecular formula is C28H48N2O5. The lowest BCUT2D eigenvalue weighted by Gasteiger charge is -2.60. The van der Waals surface area contributed by atoms with Gasteiger partial charge in [-0.1, -0.05) is 26.7 Å². The Morgan fingerprint density at radius 3 is 1.86 bits per heavy atom. The van der Waals surface area contributed by atoms with E-state index in [1.165, 1.54) is 6.42 Å². The molecule has 200 valence electrons. The minimum absolute atomic E-state index is 0.0734. The minimum atomic E-state index is -0.353. The van der Waals surface area contributed by atoms with Crippen molar-refractivity contribution < 1.29 is 24.5 Å². The number of rotatable bonds is 8. The number of aliphatic hydroxyl groups excluding tert-OH is 2. The Balaban J connectivity index is 1.45. The van der Waals surface area contributed by atoms with Gasteiger partial charge >= 0.3 is 5.97 Å². The number of likely N-dealkylation sites (N-methyl/N-ethyl adjacent to an activating group) is 2. The summed E-state index contributed by atoms with van der Waals surface area (Å²) in [5.74, 6) is 1.09. The summed E-state index contributed by atoms with van der Waals surface area (Å²) in [6, 6.07) is 0.837. The Hall–Kier alpha value is -0.730. The van der Waals surface area contributed by atoms with Crippen LogP contribution >= 0.6 is 0 Å². The van der Waals surface area contributed by atoms with E-state index in [1.807, 2.05) is 0 Å². The number of hydrogen-bond donors (Lipinski definition) is 2. The van der Waals surface area contributed by atoms with Gasteiger partial charge in [0.25, 0.3) is 0 Å². The van der Waals surface area contributed by atoms with E-state index in [-0.39, 0.29) is 42.9 Å². The van der Waals surface area contributed by atoms with Crippen molar-refractivity contribution in [3.63, 3.8) is 0 Å². The van der Waals surface area contributed by atoms with Crippen LogP contribution < -0.4 is 0 Å². The number of esters is 1. The summed E-state index contributed by atoms with van der Waals surface area (Å²) in [7, 11) is 0. The molecule has 8 unspecified atom stereocenters. The molecular weight excluding hydrogens is 444 g/mol. The highest BCUT2D eigenvalue weighted by Gasteiger charge is 2.69. The third-order valence-electron chi connectivity index (χ3n) is 10.6. The third kappa shape index (κ3) is 4.47. The van der Waals surface area contributed by atoms with E-state index in [4.69, 9.17) is 9.47 Å². The minimum Gasteiger partial charge on any atom is -0.458 e. The first-order valence-electron chi connectivity index (χ1n) is 14.6. The van der Waals surface area contributed by atoms with E-state index < -0.39 is 0 Å². The zero-order chi connectivity index (χ0) is 24.6. The van der Waals surface area contributed by atoms with Crippen molar-refractivity contribution in [1.29, 1.82) is 0 Å². The first-order chi connectivity index (χ1) is 17.1. The molecule has 2 aliphatic heterocycles. The van der Waals surface area contributed by atoms with Crippen LogP contribution in [0, 0.1) is 23.7 Å². The van der Waals surface area contributed by atoms with Gasteiger partial charge in [0.15, 0.2) is 0 Å². The maximum absolute atomic E-state index is 13.3. The number of nitrogens with zero attached hydrogens (tertiary/aromatic N) is 2. The molecule has 7 heteroatoms. The van der Waals surface area contributed by atoms with Crippen LogP contribution in [0.4, 0.5) is 0 Å². The highest BCUT2D eigenvalue weighted by molar-refractivity contribution is 5.76. The molecule has 2 N–H and O–H groups in total. The molecule has 0 aromatic heterocycles. The quantitative estimate of drug-likeness (QED) is 0.504. The molecule has 35 heavy (non-hydrogen) atoms. The Kier molecular flexibility index (Phi) is 8.10. The van der Waals surface area contributed by atoms with Crippen molar-refractivity contribution in [1.82, 2.24) is 9.80 Å². The van der Waals surface area contributed by atoms with Crippen LogP contribution in [-0.2, 0) is 14.3 Å². The number of aliphatic hydroxyl groups is 2. The van der Waals surface area contributed by atoms with E-state index >= 15 is 0 Å². The van der Waals surface area contributed by atoms with Gasteiger partial charge in [-0.3, -0.25) is 14.6 Å². The largest absolute Gasteiger partial charge is 0.458 e. The lowest BCUT2D eigenvalue weighted by atomic mass is 9.54. The van der Waals surface area contributed by atoms with E-state index in [1.54, 1.807) is 0 Å². The van der Waals surface area contributed by atoms with Crippen molar-refractivity contribution in [2.24, 2.45) is 23.7 Å². The monoisotopic (exact) mass is 492 g/mol. The summed E-state index contributed by atoms with van der Waals surface area (Å²) in [4.78, 5) is 18.1. The molecule has 2 heterocycles. The highest BCUT2D eigenvalue weighted by atomic mass is 16.6. The van der Waals surface area contributed by atoms with Gasteiger partial charge in [0.1, 0.15) is 5.60 Å². The third-order valence-corrected chi connectivity index (χ3v) is 10.6. The molecule has 5 aliphatic rings. The number of ether oxygens (including phenoxy) is 2. The molecule has 0 amide bonds. The van der Waals surface area contributed by atoms with E-state index in [0.29, 0.717) is 42.9 Å². The Morgan fingerprint density at radius 1 is 0.800 bits per heavy atom. The Morgan fingerprint density at radius 2 is 1.34 bits per heavy atom. The van der Waals surface area contributed by atoms with Gasteiger partial charge in [-0.15, -0.1) is 0 Å². The van der Waals surface area contributed by atoms with Gasteiger partial charge in [0.05, 0.1) is 31.3 Å². The molecule has 2 saturated heterocycles. The van der Waals surface area contributed by atoms with Crippen LogP contribution in [0.25, 0.3) is 0 Å². The molecule has 1 spiro atoms. The average Bonchev–Trinajstić information content (AvgIpc) is 3.18. The average molecular weight is 493 g/mol. The first kappa shape index (κ1) is 25.9. The molecule has 7 nitrogen and oxygen atoms in total. The summed E-state index contributed by atoms with van der Waals surface area (Å²) in [6.45, 7) is 8.04. The number of hydrogen-bond acceptors (Lipinski definition) is 7. The second kappa shape index (κ2) is 10.9. The molecule has 0 aromatic carbocycles. The summed E-state index contributed by atoms with van der Waals surface area (Å²) >= 11 is 0. The van der Waals surface area contributed by atoms with Gasteiger partial charge in [0.2, 0.25) is 0 Å². The summed E-state index contributed by atoms with van der Waals surface area (Å²) in [6.07, 6.45) is 10.9. The van der Waals surface area contributed by atoms with Gasteiger partial charge in [-0.05, 0) is 64.5 Å². The van der Waals surface area contributed by atoms with Crippen molar-refractivity contribution in [2.75, 3.05) is 39.4 Å². The predicted octanol–water partition coefficient (Wildman–Crippen LogP) is 2.82. The van der Waals surface area contributed by atoms with Gasteiger partial charge in [-0.25, -0.2) is 0 Å². The summed E-state index contributed by atoms with van der Waals surface area (Å²) in [5, 5.41) is 19.2. The van der Waals surface area contributed by atoms with Crippen LogP contribution in [0.3, 0.4) is 0 Å². The molecule has 8 atom stereocenters. The lowest BCUT2D eigenvalue weighted by molar-refractivity contribution is -0.264. The predicted molar refractivity (Wildman–Crippen MR) is 134 cm³/mol. The second-order valence-electron chi connectivity index (χ2n) is 11.8. The molecule has 5 fully saturated rings. The van der Waals surface area contributed by atoms with Crippen molar-refractivity contribution in [2.45, 2.75) is 108 Å². The molecule has 5 rings (SSSR count). The zero-order valence-electron chi connectivity index (χ0n) is 21.9. The van der Waals surface area contributed by atoms with Crippen LogP contribution in [0.15, 0.2) is 0 Å². The van der Waals surface area contributed by atoms with Crippen molar-refractivity contribution in [3.05, 3.63) is 0 Å². The van der Waals surface area contributed by atoms with E-state index in [0.717, 1.165) is 70.9 Å². The smallest absolute Gasteiger partial charge is 0.309 e. The van der Waals surface area contributed by atoms with E-state index in [9.17, 15) is 15.0 Å². The summed E-state index contributed by atoms with van der Waals surface area (Å²) < 4.78 is 13.7.